The lowest BCUT2D eigenvalue weighted by Crippen LogP contribution is -2.29. The second kappa shape index (κ2) is 8.32. The van der Waals surface area contributed by atoms with Gasteiger partial charge in [-0.1, -0.05) is 32.0 Å². The maximum absolute atomic E-state index is 11.7. The van der Waals surface area contributed by atoms with Gasteiger partial charge >= 0.3 is 5.97 Å². The van der Waals surface area contributed by atoms with Crippen molar-refractivity contribution < 1.29 is 19.4 Å². The van der Waals surface area contributed by atoms with E-state index in [-0.39, 0.29) is 17.9 Å². The average Bonchev–Trinajstić information content (AvgIpc) is 2.38. The van der Waals surface area contributed by atoms with Crippen LogP contribution in [0.1, 0.15) is 29.8 Å². The second-order valence-electron chi connectivity index (χ2n) is 4.96. The minimum absolute atomic E-state index is 0.0622. The van der Waals surface area contributed by atoms with E-state index in [1.807, 2.05) is 0 Å². The smallest absolute Gasteiger partial charge is 0.335 e. The number of carboxylic acids is 1. The van der Waals surface area contributed by atoms with Gasteiger partial charge in [0.05, 0.1) is 18.6 Å². The molecule has 1 aromatic rings. The zero-order valence-electron chi connectivity index (χ0n) is 11.9. The van der Waals surface area contributed by atoms with Crippen molar-refractivity contribution >= 4 is 11.9 Å². The lowest BCUT2D eigenvalue weighted by molar-refractivity contribution is -0.120. The summed E-state index contributed by atoms with van der Waals surface area (Å²) in [6, 6.07) is 6.51. The minimum Gasteiger partial charge on any atom is -0.478 e. The summed E-state index contributed by atoms with van der Waals surface area (Å²) in [6.45, 7) is 5.67. The van der Waals surface area contributed by atoms with E-state index < -0.39 is 5.97 Å². The molecule has 0 spiro atoms. The van der Waals surface area contributed by atoms with Crippen LogP contribution in [0.5, 0.6) is 0 Å². The highest BCUT2D eigenvalue weighted by molar-refractivity contribution is 5.91. The molecule has 0 aliphatic carbocycles. The molecule has 0 unspecified atom stereocenters. The first-order valence-corrected chi connectivity index (χ1v) is 6.66. The molecule has 0 fully saturated rings. The quantitative estimate of drug-likeness (QED) is 0.710. The molecule has 0 atom stereocenters. The normalized spacial score (nSPS) is 10.6. The van der Waals surface area contributed by atoms with Crippen LogP contribution >= 0.6 is 0 Å². The number of amides is 1. The Morgan fingerprint density at radius 2 is 2.00 bits per heavy atom. The number of carboxylic acid groups (broad SMARTS) is 1. The highest BCUT2D eigenvalue weighted by atomic mass is 16.5. The topological polar surface area (TPSA) is 75.6 Å². The maximum atomic E-state index is 11.7. The van der Waals surface area contributed by atoms with Crippen LogP contribution in [0.3, 0.4) is 0 Å². The average molecular weight is 279 g/mol. The SMILES string of the molecule is CC(C)COCCNC(=O)Cc1ccccc1C(=O)O. The fourth-order valence-corrected chi connectivity index (χ4v) is 1.70. The van der Waals surface area contributed by atoms with Crippen LogP contribution in [0.15, 0.2) is 24.3 Å². The van der Waals surface area contributed by atoms with E-state index in [4.69, 9.17) is 9.84 Å². The van der Waals surface area contributed by atoms with E-state index in [9.17, 15) is 9.59 Å². The molecule has 5 heteroatoms. The Hall–Kier alpha value is -1.88. The minimum atomic E-state index is -1.02. The molecule has 5 nitrogen and oxygen atoms in total. The largest absolute Gasteiger partial charge is 0.478 e. The van der Waals surface area contributed by atoms with Gasteiger partial charge in [-0.2, -0.15) is 0 Å². The molecule has 0 aliphatic rings. The van der Waals surface area contributed by atoms with Crippen molar-refractivity contribution in [3.63, 3.8) is 0 Å². The van der Waals surface area contributed by atoms with E-state index in [0.29, 0.717) is 31.2 Å². The Kier molecular flexibility index (Phi) is 6.73. The van der Waals surface area contributed by atoms with Crippen molar-refractivity contribution in [3.05, 3.63) is 35.4 Å². The molecule has 0 radical (unpaired) electrons. The molecule has 1 rings (SSSR count). The van der Waals surface area contributed by atoms with Gasteiger partial charge in [0.15, 0.2) is 0 Å². The number of carbonyl (C=O) groups excluding carboxylic acids is 1. The molecule has 0 aliphatic heterocycles. The number of benzene rings is 1. The highest BCUT2D eigenvalue weighted by Gasteiger charge is 2.11. The van der Waals surface area contributed by atoms with Gasteiger partial charge in [0.2, 0.25) is 5.91 Å². The highest BCUT2D eigenvalue weighted by Crippen LogP contribution is 2.09. The molecule has 0 saturated carbocycles. The molecular weight excluding hydrogens is 258 g/mol. The molecule has 2 N–H and O–H groups in total. The van der Waals surface area contributed by atoms with Gasteiger partial charge in [0, 0.05) is 13.2 Å². The van der Waals surface area contributed by atoms with E-state index in [2.05, 4.69) is 19.2 Å². The number of rotatable bonds is 8. The lowest BCUT2D eigenvalue weighted by Gasteiger charge is -2.09. The molecule has 1 amide bonds. The molecule has 0 bridgehead atoms. The predicted molar refractivity (Wildman–Crippen MR) is 75.8 cm³/mol. The second-order valence-corrected chi connectivity index (χ2v) is 4.96. The first-order chi connectivity index (χ1) is 9.50. The van der Waals surface area contributed by atoms with E-state index in [1.54, 1.807) is 18.2 Å². The Morgan fingerprint density at radius 1 is 1.30 bits per heavy atom. The maximum Gasteiger partial charge on any atom is 0.335 e. The van der Waals surface area contributed by atoms with Crippen LogP contribution in [-0.2, 0) is 16.0 Å². The van der Waals surface area contributed by atoms with Gasteiger partial charge in [-0.3, -0.25) is 4.79 Å². The summed E-state index contributed by atoms with van der Waals surface area (Å²) < 4.78 is 5.35. The Labute approximate surface area is 118 Å². The van der Waals surface area contributed by atoms with Crippen LogP contribution in [0.4, 0.5) is 0 Å². The van der Waals surface area contributed by atoms with Gasteiger partial charge in [-0.25, -0.2) is 4.79 Å². The fourth-order valence-electron chi connectivity index (χ4n) is 1.70. The third-order valence-electron chi connectivity index (χ3n) is 2.62. The predicted octanol–water partition coefficient (Wildman–Crippen LogP) is 1.72. The number of ether oxygens (including phenoxy) is 1. The van der Waals surface area contributed by atoms with Crippen molar-refractivity contribution in [2.24, 2.45) is 5.92 Å². The molecule has 20 heavy (non-hydrogen) atoms. The van der Waals surface area contributed by atoms with Crippen molar-refractivity contribution in [1.29, 1.82) is 0 Å². The van der Waals surface area contributed by atoms with Crippen LogP contribution in [-0.4, -0.2) is 36.7 Å². The third kappa shape index (κ3) is 5.84. The molecule has 0 saturated heterocycles. The number of hydrogen-bond acceptors (Lipinski definition) is 3. The van der Waals surface area contributed by atoms with E-state index in [0.717, 1.165) is 0 Å². The summed E-state index contributed by atoms with van der Waals surface area (Å²) in [5, 5.41) is 11.7. The monoisotopic (exact) mass is 279 g/mol. The van der Waals surface area contributed by atoms with Gasteiger partial charge < -0.3 is 15.2 Å². The van der Waals surface area contributed by atoms with Gasteiger partial charge in [-0.15, -0.1) is 0 Å². The number of aromatic carboxylic acids is 1. The van der Waals surface area contributed by atoms with Crippen LogP contribution < -0.4 is 5.32 Å². The van der Waals surface area contributed by atoms with Crippen molar-refractivity contribution in [3.8, 4) is 0 Å². The Morgan fingerprint density at radius 3 is 2.65 bits per heavy atom. The van der Waals surface area contributed by atoms with Gasteiger partial charge in [0.25, 0.3) is 0 Å². The molecule has 110 valence electrons. The fraction of sp³-hybridized carbons (Fsp3) is 0.467. The summed E-state index contributed by atoms with van der Waals surface area (Å²) in [5.41, 5.74) is 0.680. The lowest BCUT2D eigenvalue weighted by atomic mass is 10.0. The number of carbonyl (C=O) groups is 2. The summed E-state index contributed by atoms with van der Waals surface area (Å²) in [5.74, 6) is -0.756. The first-order valence-electron chi connectivity index (χ1n) is 6.66. The first kappa shape index (κ1) is 16.2. The zero-order valence-corrected chi connectivity index (χ0v) is 11.9. The van der Waals surface area contributed by atoms with Crippen LogP contribution in [0.2, 0.25) is 0 Å². The Balaban J connectivity index is 2.37. The Bertz CT molecular complexity index is 457. The van der Waals surface area contributed by atoms with Crippen LogP contribution in [0, 0.1) is 5.92 Å². The van der Waals surface area contributed by atoms with Gasteiger partial charge in [-0.05, 0) is 17.5 Å². The molecule has 0 heterocycles. The molecule has 0 aromatic heterocycles. The van der Waals surface area contributed by atoms with E-state index in [1.165, 1.54) is 6.07 Å². The third-order valence-corrected chi connectivity index (χ3v) is 2.62. The van der Waals surface area contributed by atoms with Crippen molar-refractivity contribution in [1.82, 2.24) is 5.32 Å². The van der Waals surface area contributed by atoms with Crippen LogP contribution in [0.25, 0.3) is 0 Å². The summed E-state index contributed by atoms with van der Waals surface area (Å²) in [4.78, 5) is 22.7. The summed E-state index contributed by atoms with van der Waals surface area (Å²) in [6.07, 6.45) is 0.0622. The summed E-state index contributed by atoms with van der Waals surface area (Å²) >= 11 is 0. The van der Waals surface area contributed by atoms with Crippen molar-refractivity contribution in [2.45, 2.75) is 20.3 Å². The summed E-state index contributed by atoms with van der Waals surface area (Å²) in [7, 11) is 0. The standard InChI is InChI=1S/C15H21NO4/c1-11(2)10-20-8-7-16-14(17)9-12-5-3-4-6-13(12)15(18)19/h3-6,11H,7-10H2,1-2H3,(H,16,17)(H,18,19). The molecule has 1 aromatic carbocycles. The number of hydrogen-bond donors (Lipinski definition) is 2. The molecular formula is C15H21NO4. The van der Waals surface area contributed by atoms with Crippen molar-refractivity contribution in [2.75, 3.05) is 19.8 Å². The zero-order chi connectivity index (χ0) is 15.0. The van der Waals surface area contributed by atoms with E-state index >= 15 is 0 Å². The van der Waals surface area contributed by atoms with Gasteiger partial charge in [0.1, 0.15) is 0 Å². The number of nitrogens with one attached hydrogen (secondary N) is 1.